The van der Waals surface area contributed by atoms with Gasteiger partial charge in [-0.3, -0.25) is 0 Å². The minimum atomic E-state index is -3.55. The molecule has 1 amide bonds. The average molecular weight is 447 g/mol. The number of rotatable bonds is 5. The third kappa shape index (κ3) is 6.25. The molecule has 2 rings (SSSR count). The van der Waals surface area contributed by atoms with E-state index in [4.69, 9.17) is 4.74 Å². The van der Waals surface area contributed by atoms with Crippen LogP contribution in [0, 0.1) is 5.92 Å². The molecule has 8 heteroatoms. The van der Waals surface area contributed by atoms with E-state index in [0.717, 1.165) is 18.4 Å². The minimum absolute atomic E-state index is 0.0767. The smallest absolute Gasteiger partial charge is 0.410 e. The van der Waals surface area contributed by atoms with Crippen molar-refractivity contribution < 1.29 is 17.9 Å². The Morgan fingerprint density at radius 3 is 2.54 bits per heavy atom. The topological polar surface area (TPSA) is 75.7 Å². The molecule has 0 aromatic heterocycles. The highest BCUT2D eigenvalue weighted by Crippen LogP contribution is 2.20. The van der Waals surface area contributed by atoms with Crippen molar-refractivity contribution in [1.82, 2.24) is 9.62 Å². The largest absolute Gasteiger partial charge is 0.444 e. The molecule has 1 aliphatic rings. The van der Waals surface area contributed by atoms with Crippen LogP contribution in [0.2, 0.25) is 0 Å². The van der Waals surface area contributed by atoms with Crippen molar-refractivity contribution in [2.24, 2.45) is 5.92 Å². The fourth-order valence-corrected chi connectivity index (χ4v) is 4.28. The number of nitrogens with zero attached hydrogens (tertiary/aromatic N) is 1. The van der Waals surface area contributed by atoms with Crippen LogP contribution >= 0.6 is 15.9 Å². The number of benzene rings is 1. The molecule has 0 aliphatic carbocycles. The summed E-state index contributed by atoms with van der Waals surface area (Å²) in [7, 11) is -3.55. The van der Waals surface area contributed by atoms with Gasteiger partial charge in [0.1, 0.15) is 5.60 Å². The van der Waals surface area contributed by atoms with Gasteiger partial charge in [-0.05, 0) is 57.2 Å². The molecule has 0 spiro atoms. The average Bonchev–Trinajstić information content (AvgIpc) is 2.59. The Morgan fingerprint density at radius 2 is 1.96 bits per heavy atom. The monoisotopic (exact) mass is 446 g/mol. The van der Waals surface area contributed by atoms with E-state index in [2.05, 4.69) is 20.7 Å². The van der Waals surface area contributed by atoms with E-state index in [9.17, 15) is 13.2 Å². The van der Waals surface area contributed by atoms with Crippen LogP contribution in [0.15, 0.2) is 29.2 Å². The Labute approximate surface area is 164 Å². The minimum Gasteiger partial charge on any atom is -0.444 e. The second-order valence-electron chi connectivity index (χ2n) is 7.56. The Hall–Kier alpha value is -1.12. The van der Waals surface area contributed by atoms with Crippen LogP contribution in [-0.4, -0.2) is 44.6 Å². The molecule has 1 N–H and O–H groups in total. The molecule has 1 aliphatic heterocycles. The van der Waals surface area contributed by atoms with E-state index in [-0.39, 0.29) is 16.9 Å². The quantitative estimate of drug-likeness (QED) is 0.701. The summed E-state index contributed by atoms with van der Waals surface area (Å²) in [5, 5.41) is 0.684. The molecule has 6 nitrogen and oxygen atoms in total. The van der Waals surface area contributed by atoms with Gasteiger partial charge in [-0.1, -0.05) is 28.1 Å². The number of carbonyl (C=O) groups is 1. The number of nitrogens with one attached hydrogen (secondary N) is 1. The highest BCUT2D eigenvalue weighted by Gasteiger charge is 2.28. The molecule has 1 aromatic rings. The van der Waals surface area contributed by atoms with Gasteiger partial charge < -0.3 is 9.64 Å². The van der Waals surface area contributed by atoms with Gasteiger partial charge in [0.15, 0.2) is 0 Å². The molecular formula is C18H27BrN2O4S. The van der Waals surface area contributed by atoms with Crippen molar-refractivity contribution in [2.75, 3.05) is 19.6 Å². The summed E-state index contributed by atoms with van der Waals surface area (Å²) in [4.78, 5) is 14.1. The van der Waals surface area contributed by atoms with Crippen molar-refractivity contribution >= 4 is 32.0 Å². The maximum Gasteiger partial charge on any atom is 0.410 e. The van der Waals surface area contributed by atoms with Crippen molar-refractivity contribution in [1.29, 1.82) is 0 Å². The van der Waals surface area contributed by atoms with Gasteiger partial charge >= 0.3 is 6.09 Å². The maximum absolute atomic E-state index is 12.4. The second-order valence-corrected chi connectivity index (χ2v) is 9.89. The van der Waals surface area contributed by atoms with Gasteiger partial charge in [0.2, 0.25) is 10.0 Å². The summed E-state index contributed by atoms with van der Waals surface area (Å²) < 4.78 is 33.0. The van der Waals surface area contributed by atoms with Crippen LogP contribution in [0.3, 0.4) is 0 Å². The molecule has 0 unspecified atom stereocenters. The summed E-state index contributed by atoms with van der Waals surface area (Å²) in [5.74, 6) is 0.0767. The molecule has 0 bridgehead atoms. The van der Waals surface area contributed by atoms with Crippen LogP contribution in [-0.2, 0) is 20.1 Å². The first kappa shape index (κ1) is 21.2. The number of piperidine rings is 1. The fourth-order valence-electron chi connectivity index (χ4n) is 2.79. The first-order valence-corrected chi connectivity index (χ1v) is 11.3. The molecule has 0 radical (unpaired) electrons. The summed E-state index contributed by atoms with van der Waals surface area (Å²) in [6.07, 6.45) is 1.38. The van der Waals surface area contributed by atoms with Crippen molar-refractivity contribution in [3.8, 4) is 0 Å². The number of hydrogen-bond acceptors (Lipinski definition) is 4. The van der Waals surface area contributed by atoms with Gasteiger partial charge in [0.25, 0.3) is 0 Å². The number of ether oxygens (including phenoxy) is 1. The van der Waals surface area contributed by atoms with Crippen LogP contribution in [0.25, 0.3) is 0 Å². The zero-order valence-electron chi connectivity index (χ0n) is 15.5. The van der Waals surface area contributed by atoms with Crippen LogP contribution in [0.1, 0.15) is 39.2 Å². The molecular weight excluding hydrogens is 420 g/mol. The van der Waals surface area contributed by atoms with Gasteiger partial charge in [0, 0.05) is 25.0 Å². The van der Waals surface area contributed by atoms with Crippen LogP contribution < -0.4 is 4.72 Å². The van der Waals surface area contributed by atoms with E-state index in [1.54, 1.807) is 29.2 Å². The summed E-state index contributed by atoms with van der Waals surface area (Å²) >= 11 is 3.34. The second kappa shape index (κ2) is 8.71. The van der Waals surface area contributed by atoms with E-state index >= 15 is 0 Å². The number of alkyl halides is 1. The Bertz CT molecular complexity index is 714. The normalized spacial score (nSPS) is 18.6. The van der Waals surface area contributed by atoms with Gasteiger partial charge in [0.05, 0.1) is 4.90 Å². The van der Waals surface area contributed by atoms with E-state index < -0.39 is 15.6 Å². The lowest BCUT2D eigenvalue weighted by atomic mass is 9.99. The number of likely N-dealkylation sites (tertiary alicyclic amines) is 1. The number of hydrogen-bond donors (Lipinski definition) is 1. The van der Waals surface area contributed by atoms with Crippen molar-refractivity contribution in [2.45, 2.75) is 49.4 Å². The molecule has 0 saturated carbocycles. The molecule has 1 fully saturated rings. The predicted molar refractivity (Wildman–Crippen MR) is 105 cm³/mol. The van der Waals surface area contributed by atoms with Gasteiger partial charge in [-0.15, -0.1) is 0 Å². The third-order valence-electron chi connectivity index (χ3n) is 4.12. The molecule has 146 valence electrons. The van der Waals surface area contributed by atoms with Crippen LogP contribution in [0.4, 0.5) is 4.79 Å². The molecule has 1 atom stereocenters. The zero-order valence-corrected chi connectivity index (χ0v) is 17.9. The van der Waals surface area contributed by atoms with E-state index in [0.29, 0.717) is 25.0 Å². The lowest BCUT2D eigenvalue weighted by molar-refractivity contribution is 0.0169. The fraction of sp³-hybridized carbons (Fsp3) is 0.611. The SMILES string of the molecule is CC(C)(C)OC(=O)N1CCC[C@H](CNS(=O)(=O)c2ccc(CBr)cc2)C1. The summed E-state index contributed by atoms with van der Waals surface area (Å²) in [6.45, 7) is 6.96. The Kier molecular flexibility index (Phi) is 7.10. The number of halogens is 1. The number of amides is 1. The first-order valence-electron chi connectivity index (χ1n) is 8.73. The predicted octanol–water partition coefficient (Wildman–Crippen LogP) is 3.51. The Morgan fingerprint density at radius 1 is 1.31 bits per heavy atom. The number of sulfonamides is 1. The third-order valence-corrected chi connectivity index (χ3v) is 6.21. The summed E-state index contributed by atoms with van der Waals surface area (Å²) in [5.41, 5.74) is 0.483. The van der Waals surface area contributed by atoms with Crippen molar-refractivity contribution in [3.05, 3.63) is 29.8 Å². The summed E-state index contributed by atoms with van der Waals surface area (Å²) in [6, 6.07) is 6.78. The zero-order chi connectivity index (χ0) is 19.4. The van der Waals surface area contributed by atoms with Gasteiger partial charge in [-0.2, -0.15) is 0 Å². The van der Waals surface area contributed by atoms with Crippen molar-refractivity contribution in [3.63, 3.8) is 0 Å². The highest BCUT2D eigenvalue weighted by atomic mass is 79.9. The number of carbonyl (C=O) groups excluding carboxylic acids is 1. The Balaban J connectivity index is 1.92. The van der Waals surface area contributed by atoms with E-state index in [1.807, 2.05) is 20.8 Å². The molecule has 1 heterocycles. The van der Waals surface area contributed by atoms with Crippen LogP contribution in [0.5, 0.6) is 0 Å². The molecule has 1 saturated heterocycles. The standard InChI is InChI=1S/C18H27BrN2O4S/c1-18(2,3)25-17(22)21-10-4-5-15(13-21)12-20-26(23,24)16-8-6-14(11-19)7-9-16/h6-9,15,20H,4-5,10-13H2,1-3H3/t15-/m1/s1. The molecule has 26 heavy (non-hydrogen) atoms. The first-order chi connectivity index (χ1) is 12.1. The molecule has 1 aromatic carbocycles. The maximum atomic E-state index is 12.4. The highest BCUT2D eigenvalue weighted by molar-refractivity contribution is 9.08. The van der Waals surface area contributed by atoms with Gasteiger partial charge in [-0.25, -0.2) is 17.9 Å². The lowest BCUT2D eigenvalue weighted by Crippen LogP contribution is -2.45. The van der Waals surface area contributed by atoms with E-state index in [1.165, 1.54) is 0 Å². The lowest BCUT2D eigenvalue weighted by Gasteiger charge is -2.34.